The first-order valence-electron chi connectivity index (χ1n) is 10.2. The van der Waals surface area contributed by atoms with Gasteiger partial charge in [-0.15, -0.1) is 0 Å². The van der Waals surface area contributed by atoms with Gasteiger partial charge in [-0.3, -0.25) is 9.69 Å². The van der Waals surface area contributed by atoms with E-state index in [-0.39, 0.29) is 17.9 Å². The van der Waals surface area contributed by atoms with Crippen LogP contribution in [-0.4, -0.2) is 56.6 Å². The molecule has 1 saturated carbocycles. The number of amides is 1. The van der Waals surface area contributed by atoms with Crippen molar-refractivity contribution < 1.29 is 19.0 Å². The minimum Gasteiger partial charge on any atom is -0.497 e. The number of hydrogen-bond acceptors (Lipinski definition) is 5. The fraction of sp³-hybridized carbons (Fsp3) is 0.667. The molecule has 6 nitrogen and oxygen atoms in total. The Morgan fingerprint density at radius 2 is 1.93 bits per heavy atom. The van der Waals surface area contributed by atoms with Gasteiger partial charge in [0.2, 0.25) is 5.91 Å². The fourth-order valence-electron chi connectivity index (χ4n) is 4.75. The number of hydrogen-bond donors (Lipinski definition) is 1. The van der Waals surface area contributed by atoms with Crippen LogP contribution in [0.3, 0.4) is 0 Å². The quantitative estimate of drug-likeness (QED) is 0.829. The molecule has 2 saturated heterocycles. The molecule has 1 spiro atoms. The molecule has 1 aromatic rings. The lowest BCUT2D eigenvalue weighted by Crippen LogP contribution is -2.46. The smallest absolute Gasteiger partial charge is 0.228 e. The van der Waals surface area contributed by atoms with Crippen molar-refractivity contribution in [3.05, 3.63) is 29.8 Å². The van der Waals surface area contributed by atoms with Gasteiger partial charge in [0.25, 0.3) is 0 Å². The fourth-order valence-corrected chi connectivity index (χ4v) is 4.75. The van der Waals surface area contributed by atoms with E-state index in [1.165, 1.54) is 18.4 Å². The number of carbonyl (C=O) groups is 1. The lowest BCUT2D eigenvalue weighted by molar-refractivity contribution is -0.186. The van der Waals surface area contributed by atoms with Gasteiger partial charge in [-0.2, -0.15) is 0 Å². The van der Waals surface area contributed by atoms with E-state index >= 15 is 0 Å². The van der Waals surface area contributed by atoms with Gasteiger partial charge in [-0.05, 0) is 56.5 Å². The Morgan fingerprint density at radius 3 is 2.59 bits per heavy atom. The number of methoxy groups -OCH3 is 1. The van der Waals surface area contributed by atoms with Gasteiger partial charge in [-0.25, -0.2) is 0 Å². The number of benzene rings is 1. The molecule has 0 radical (unpaired) electrons. The molecule has 148 valence electrons. The number of nitrogens with one attached hydrogen (secondary N) is 1. The molecular weight excluding hydrogens is 344 g/mol. The van der Waals surface area contributed by atoms with Crippen LogP contribution in [0.1, 0.15) is 43.7 Å². The van der Waals surface area contributed by atoms with Crippen molar-refractivity contribution in [1.82, 2.24) is 10.2 Å². The Morgan fingerprint density at radius 1 is 1.22 bits per heavy atom. The molecule has 6 heteroatoms. The Kier molecular flexibility index (Phi) is 5.66. The third kappa shape index (κ3) is 3.84. The SMILES string of the molecule is COc1ccc(C(CNC(=O)C2CCCC23OCCO3)N2CCCC2)cc1. The molecular formula is C21H30N2O4. The van der Waals surface area contributed by atoms with Gasteiger partial charge in [0.15, 0.2) is 5.79 Å². The molecule has 2 heterocycles. The highest BCUT2D eigenvalue weighted by atomic mass is 16.7. The highest BCUT2D eigenvalue weighted by Crippen LogP contribution is 2.42. The third-order valence-electron chi connectivity index (χ3n) is 6.19. The van der Waals surface area contributed by atoms with E-state index in [2.05, 4.69) is 22.3 Å². The molecule has 4 rings (SSSR count). The topological polar surface area (TPSA) is 60.0 Å². The highest BCUT2D eigenvalue weighted by Gasteiger charge is 2.51. The van der Waals surface area contributed by atoms with Gasteiger partial charge >= 0.3 is 0 Å². The van der Waals surface area contributed by atoms with Crippen LogP contribution >= 0.6 is 0 Å². The zero-order valence-corrected chi connectivity index (χ0v) is 16.1. The molecule has 0 bridgehead atoms. The summed E-state index contributed by atoms with van der Waals surface area (Å²) in [6.07, 6.45) is 5.07. The van der Waals surface area contributed by atoms with Crippen molar-refractivity contribution in [2.75, 3.05) is 40.0 Å². The maximum atomic E-state index is 12.9. The Hall–Kier alpha value is -1.63. The summed E-state index contributed by atoms with van der Waals surface area (Å²) in [6.45, 7) is 3.94. The summed E-state index contributed by atoms with van der Waals surface area (Å²) < 4.78 is 17.0. The van der Waals surface area contributed by atoms with Crippen molar-refractivity contribution >= 4 is 5.91 Å². The lowest BCUT2D eigenvalue weighted by atomic mass is 10.0. The molecule has 1 aromatic carbocycles. The predicted octanol–water partition coefficient (Wildman–Crippen LogP) is 2.49. The van der Waals surface area contributed by atoms with E-state index in [0.717, 1.165) is 38.1 Å². The maximum absolute atomic E-state index is 12.9. The first-order valence-corrected chi connectivity index (χ1v) is 10.2. The number of carbonyl (C=O) groups excluding carboxylic acids is 1. The average molecular weight is 374 g/mol. The van der Waals surface area contributed by atoms with E-state index in [1.807, 2.05) is 12.1 Å². The summed E-state index contributed by atoms with van der Waals surface area (Å²) in [6, 6.07) is 8.38. The summed E-state index contributed by atoms with van der Waals surface area (Å²) in [7, 11) is 1.68. The Labute approximate surface area is 161 Å². The van der Waals surface area contributed by atoms with E-state index in [1.54, 1.807) is 7.11 Å². The first kappa shape index (κ1) is 18.7. The van der Waals surface area contributed by atoms with E-state index in [4.69, 9.17) is 14.2 Å². The average Bonchev–Trinajstić information content (AvgIpc) is 3.46. The van der Waals surface area contributed by atoms with Gasteiger partial charge in [0.1, 0.15) is 5.75 Å². The third-order valence-corrected chi connectivity index (χ3v) is 6.19. The second-order valence-electron chi connectivity index (χ2n) is 7.73. The zero-order chi connectivity index (χ0) is 18.7. The second kappa shape index (κ2) is 8.17. The monoisotopic (exact) mass is 374 g/mol. The lowest BCUT2D eigenvalue weighted by Gasteiger charge is -2.31. The molecule has 1 aliphatic carbocycles. The van der Waals surface area contributed by atoms with Crippen molar-refractivity contribution in [2.45, 2.75) is 43.9 Å². The van der Waals surface area contributed by atoms with Crippen LogP contribution in [0.15, 0.2) is 24.3 Å². The summed E-state index contributed by atoms with van der Waals surface area (Å²) in [4.78, 5) is 15.4. The van der Waals surface area contributed by atoms with Crippen LogP contribution in [-0.2, 0) is 14.3 Å². The minimum absolute atomic E-state index is 0.0621. The van der Waals surface area contributed by atoms with Gasteiger partial charge in [0.05, 0.1) is 32.3 Å². The van der Waals surface area contributed by atoms with Crippen molar-refractivity contribution in [2.24, 2.45) is 5.92 Å². The zero-order valence-electron chi connectivity index (χ0n) is 16.1. The van der Waals surface area contributed by atoms with Crippen LogP contribution in [0, 0.1) is 5.92 Å². The van der Waals surface area contributed by atoms with Crippen LogP contribution in [0.25, 0.3) is 0 Å². The molecule has 1 N–H and O–H groups in total. The van der Waals surface area contributed by atoms with Crippen molar-refractivity contribution in [1.29, 1.82) is 0 Å². The van der Waals surface area contributed by atoms with Crippen LogP contribution in [0.5, 0.6) is 5.75 Å². The predicted molar refractivity (Wildman–Crippen MR) is 102 cm³/mol. The van der Waals surface area contributed by atoms with Gasteiger partial charge in [-0.1, -0.05) is 12.1 Å². The van der Waals surface area contributed by atoms with Crippen molar-refractivity contribution in [3.63, 3.8) is 0 Å². The standard InChI is InChI=1S/C21H30N2O4/c1-25-17-8-6-16(7-9-17)19(23-11-2-3-12-23)15-22-20(24)18-5-4-10-21(18)26-13-14-27-21/h6-9,18-19H,2-5,10-15H2,1H3,(H,22,24). The van der Waals surface area contributed by atoms with E-state index in [0.29, 0.717) is 19.8 Å². The molecule has 1 amide bonds. The number of rotatable bonds is 6. The Bertz CT molecular complexity index is 631. The van der Waals surface area contributed by atoms with Gasteiger partial charge in [0, 0.05) is 13.0 Å². The highest BCUT2D eigenvalue weighted by molar-refractivity contribution is 5.80. The summed E-state index contributed by atoms with van der Waals surface area (Å²) in [5.74, 6) is 0.0430. The van der Waals surface area contributed by atoms with E-state index < -0.39 is 5.79 Å². The molecule has 2 atom stereocenters. The Balaban J connectivity index is 1.44. The number of ether oxygens (including phenoxy) is 3. The normalized spacial score (nSPS) is 25.7. The number of likely N-dealkylation sites (tertiary alicyclic amines) is 1. The summed E-state index contributed by atoms with van der Waals surface area (Å²) in [5, 5.41) is 3.21. The van der Waals surface area contributed by atoms with Crippen LogP contribution in [0.4, 0.5) is 0 Å². The van der Waals surface area contributed by atoms with Crippen LogP contribution < -0.4 is 10.1 Å². The molecule has 3 fully saturated rings. The molecule has 2 aliphatic heterocycles. The minimum atomic E-state index is -0.673. The molecule has 27 heavy (non-hydrogen) atoms. The van der Waals surface area contributed by atoms with E-state index in [9.17, 15) is 4.79 Å². The summed E-state index contributed by atoms with van der Waals surface area (Å²) >= 11 is 0. The number of nitrogens with zero attached hydrogens (tertiary/aromatic N) is 1. The maximum Gasteiger partial charge on any atom is 0.228 e. The molecule has 3 aliphatic rings. The second-order valence-corrected chi connectivity index (χ2v) is 7.73. The summed E-state index contributed by atoms with van der Waals surface area (Å²) in [5.41, 5.74) is 1.22. The van der Waals surface area contributed by atoms with Crippen molar-refractivity contribution in [3.8, 4) is 5.75 Å². The van der Waals surface area contributed by atoms with Gasteiger partial charge < -0.3 is 19.5 Å². The largest absolute Gasteiger partial charge is 0.497 e. The molecule has 0 aromatic heterocycles. The molecule has 2 unspecified atom stereocenters. The first-order chi connectivity index (χ1) is 13.2. The van der Waals surface area contributed by atoms with Crippen LogP contribution in [0.2, 0.25) is 0 Å².